The van der Waals surface area contributed by atoms with Crippen molar-refractivity contribution in [2.75, 3.05) is 12.4 Å². The third-order valence-corrected chi connectivity index (χ3v) is 3.30. The van der Waals surface area contributed by atoms with Crippen LogP contribution in [0.5, 0.6) is 0 Å². The summed E-state index contributed by atoms with van der Waals surface area (Å²) in [5.74, 6) is -1.20. The summed E-state index contributed by atoms with van der Waals surface area (Å²) in [6.45, 7) is 2.07. The average Bonchev–Trinajstić information content (AvgIpc) is 2.27. The molecule has 0 amide bonds. The first kappa shape index (κ1) is 13.9. The molecular weight excluding hydrogens is 264 g/mol. The van der Waals surface area contributed by atoms with E-state index < -0.39 is 5.97 Å². The lowest BCUT2D eigenvalue weighted by molar-refractivity contribution is -0.139. The monoisotopic (exact) mass is 274 g/mol. The van der Waals surface area contributed by atoms with E-state index in [0.29, 0.717) is 16.5 Å². The summed E-state index contributed by atoms with van der Waals surface area (Å²) in [5, 5.41) is 9.07. The van der Waals surface area contributed by atoms with Crippen molar-refractivity contribution < 1.29 is 19.4 Å². The fourth-order valence-electron chi connectivity index (χ4n) is 1.09. The maximum absolute atomic E-state index is 11.1. The number of carbonyl (C=O) groups excluding carboxylic acids is 1. The van der Waals surface area contributed by atoms with E-state index in [9.17, 15) is 9.59 Å². The topological polar surface area (TPSA) is 63.6 Å². The number of hydrogen-bond donors (Lipinski definition) is 1. The van der Waals surface area contributed by atoms with Gasteiger partial charge in [-0.15, -0.1) is 11.8 Å². The zero-order valence-corrected chi connectivity index (χ0v) is 10.7. The Kier molecular flexibility index (Phi) is 5.31. The lowest BCUT2D eigenvalue weighted by Gasteiger charge is -2.05. The van der Waals surface area contributed by atoms with Crippen molar-refractivity contribution in [3.63, 3.8) is 0 Å². The number of esters is 1. The van der Waals surface area contributed by atoms with Gasteiger partial charge in [-0.3, -0.25) is 4.79 Å². The van der Waals surface area contributed by atoms with E-state index in [0.717, 1.165) is 0 Å². The molecule has 0 bridgehead atoms. The minimum absolute atomic E-state index is 0.121. The van der Waals surface area contributed by atoms with Crippen molar-refractivity contribution in [2.45, 2.75) is 11.8 Å². The molecule has 0 saturated carbocycles. The normalized spacial score (nSPS) is 10.0. The van der Waals surface area contributed by atoms with Crippen molar-refractivity contribution in [1.82, 2.24) is 0 Å². The number of carboxylic acid groups (broad SMARTS) is 1. The number of carboxylic acids is 1. The van der Waals surface area contributed by atoms with Gasteiger partial charge in [0.2, 0.25) is 0 Å². The van der Waals surface area contributed by atoms with Crippen molar-refractivity contribution >= 4 is 35.3 Å². The summed E-state index contributed by atoms with van der Waals surface area (Å²) in [6, 6.07) is 4.38. The SMILES string of the molecule is CCOC(=O)CSc1ccc(C(=O)O)cc1Cl. The summed E-state index contributed by atoms with van der Waals surface area (Å²) in [5.41, 5.74) is 0.121. The number of hydrogen-bond acceptors (Lipinski definition) is 4. The zero-order valence-electron chi connectivity index (χ0n) is 9.10. The predicted molar refractivity (Wildman–Crippen MR) is 65.8 cm³/mol. The maximum Gasteiger partial charge on any atom is 0.335 e. The van der Waals surface area contributed by atoms with E-state index in [1.165, 1.54) is 23.9 Å². The standard InChI is InChI=1S/C11H11ClO4S/c1-2-16-10(13)6-17-9-4-3-7(11(14)15)5-8(9)12/h3-5H,2,6H2,1H3,(H,14,15). The number of benzene rings is 1. The molecule has 0 aliphatic carbocycles. The van der Waals surface area contributed by atoms with E-state index >= 15 is 0 Å². The van der Waals surface area contributed by atoms with E-state index in [4.69, 9.17) is 21.4 Å². The molecule has 1 rings (SSSR count). The molecule has 17 heavy (non-hydrogen) atoms. The van der Waals surface area contributed by atoms with Gasteiger partial charge in [-0.1, -0.05) is 11.6 Å². The van der Waals surface area contributed by atoms with Crippen LogP contribution in [0.3, 0.4) is 0 Å². The van der Waals surface area contributed by atoms with Gasteiger partial charge in [0.05, 0.1) is 22.9 Å². The average molecular weight is 275 g/mol. The van der Waals surface area contributed by atoms with Gasteiger partial charge in [-0.25, -0.2) is 4.79 Å². The molecule has 1 aromatic rings. The van der Waals surface area contributed by atoms with Crippen molar-refractivity contribution in [3.8, 4) is 0 Å². The van der Waals surface area contributed by atoms with Crippen LogP contribution < -0.4 is 0 Å². The third-order valence-electron chi connectivity index (χ3n) is 1.83. The zero-order chi connectivity index (χ0) is 12.8. The molecule has 0 unspecified atom stereocenters. The molecule has 1 N–H and O–H groups in total. The number of halogens is 1. The Balaban J connectivity index is 2.66. The highest BCUT2D eigenvalue weighted by Gasteiger charge is 2.09. The largest absolute Gasteiger partial charge is 0.478 e. The van der Waals surface area contributed by atoms with Crippen LogP contribution >= 0.6 is 23.4 Å². The van der Waals surface area contributed by atoms with E-state index in [1.54, 1.807) is 13.0 Å². The quantitative estimate of drug-likeness (QED) is 0.661. The molecule has 0 radical (unpaired) electrons. The molecule has 6 heteroatoms. The maximum atomic E-state index is 11.1. The Labute approximate surface area is 108 Å². The van der Waals surface area contributed by atoms with Crippen LogP contribution in [-0.4, -0.2) is 29.4 Å². The second-order valence-corrected chi connectivity index (χ2v) is 4.47. The lowest BCUT2D eigenvalue weighted by atomic mass is 10.2. The predicted octanol–water partition coefficient (Wildman–Crippen LogP) is 2.69. The van der Waals surface area contributed by atoms with E-state index in [1.807, 2.05) is 0 Å². The number of aromatic carboxylic acids is 1. The smallest absolute Gasteiger partial charge is 0.335 e. The molecule has 0 fully saturated rings. The van der Waals surface area contributed by atoms with Gasteiger partial charge in [0.25, 0.3) is 0 Å². The van der Waals surface area contributed by atoms with Crippen molar-refractivity contribution in [2.24, 2.45) is 0 Å². The molecule has 0 aromatic heterocycles. The first-order valence-corrected chi connectivity index (χ1v) is 6.22. The van der Waals surface area contributed by atoms with Crippen LogP contribution in [0.1, 0.15) is 17.3 Å². The second kappa shape index (κ2) is 6.51. The van der Waals surface area contributed by atoms with Gasteiger partial charge in [-0.2, -0.15) is 0 Å². The molecule has 0 aliphatic rings. The highest BCUT2D eigenvalue weighted by atomic mass is 35.5. The van der Waals surface area contributed by atoms with Gasteiger partial charge in [0.15, 0.2) is 0 Å². The highest BCUT2D eigenvalue weighted by molar-refractivity contribution is 8.00. The van der Waals surface area contributed by atoms with Crippen LogP contribution in [0.25, 0.3) is 0 Å². The van der Waals surface area contributed by atoms with Crippen LogP contribution in [0.2, 0.25) is 5.02 Å². The van der Waals surface area contributed by atoms with Crippen LogP contribution in [0.4, 0.5) is 0 Å². The summed E-state index contributed by atoms with van der Waals surface area (Å²) in [7, 11) is 0. The van der Waals surface area contributed by atoms with Gasteiger partial charge in [0, 0.05) is 4.90 Å². The molecule has 0 heterocycles. The number of ether oxygens (including phenoxy) is 1. The lowest BCUT2D eigenvalue weighted by Crippen LogP contribution is -2.06. The fourth-order valence-corrected chi connectivity index (χ4v) is 2.15. The second-order valence-electron chi connectivity index (χ2n) is 3.04. The number of carbonyl (C=O) groups is 2. The van der Waals surface area contributed by atoms with Crippen molar-refractivity contribution in [3.05, 3.63) is 28.8 Å². The summed E-state index contributed by atoms with van der Waals surface area (Å²) in [4.78, 5) is 22.5. The van der Waals surface area contributed by atoms with E-state index in [2.05, 4.69) is 0 Å². The Morgan fingerprint density at radius 1 is 1.47 bits per heavy atom. The molecule has 0 saturated heterocycles. The van der Waals surface area contributed by atoms with Gasteiger partial charge < -0.3 is 9.84 Å². The van der Waals surface area contributed by atoms with Crippen molar-refractivity contribution in [1.29, 1.82) is 0 Å². The van der Waals surface area contributed by atoms with Gasteiger partial charge in [0.1, 0.15) is 0 Å². The van der Waals surface area contributed by atoms with Crippen LogP contribution in [0, 0.1) is 0 Å². The Hall–Kier alpha value is -1.20. The summed E-state index contributed by atoms with van der Waals surface area (Å²) in [6.07, 6.45) is 0. The molecule has 0 aliphatic heterocycles. The minimum atomic E-state index is -1.03. The molecule has 0 spiro atoms. The first-order chi connectivity index (χ1) is 8.04. The van der Waals surface area contributed by atoms with E-state index in [-0.39, 0.29) is 17.3 Å². The molecule has 4 nitrogen and oxygen atoms in total. The molecule has 0 atom stereocenters. The van der Waals surface area contributed by atoms with Gasteiger partial charge >= 0.3 is 11.9 Å². The molecular formula is C11H11ClO4S. The first-order valence-electron chi connectivity index (χ1n) is 4.86. The molecule has 92 valence electrons. The Morgan fingerprint density at radius 2 is 2.18 bits per heavy atom. The summed E-state index contributed by atoms with van der Waals surface area (Å²) < 4.78 is 4.77. The number of thioether (sulfide) groups is 1. The van der Waals surface area contributed by atoms with Crippen LogP contribution in [-0.2, 0) is 9.53 Å². The molecule has 1 aromatic carbocycles. The van der Waals surface area contributed by atoms with Gasteiger partial charge in [-0.05, 0) is 25.1 Å². The fraction of sp³-hybridized carbons (Fsp3) is 0.273. The minimum Gasteiger partial charge on any atom is -0.478 e. The number of rotatable bonds is 5. The Bertz CT molecular complexity index is 433. The highest BCUT2D eigenvalue weighted by Crippen LogP contribution is 2.28. The third kappa shape index (κ3) is 4.28. The Morgan fingerprint density at radius 3 is 2.71 bits per heavy atom. The summed E-state index contributed by atoms with van der Waals surface area (Å²) >= 11 is 7.11. The van der Waals surface area contributed by atoms with Crippen LogP contribution in [0.15, 0.2) is 23.1 Å².